The van der Waals surface area contributed by atoms with Gasteiger partial charge in [-0.25, -0.2) is 4.79 Å². The lowest BCUT2D eigenvalue weighted by Crippen LogP contribution is -2.44. The number of hydrogen-bond donors (Lipinski definition) is 2. The Bertz CT molecular complexity index is 642. The Hall–Kier alpha value is -1.92. The second-order valence-electron chi connectivity index (χ2n) is 6.45. The Labute approximate surface area is 159 Å². The van der Waals surface area contributed by atoms with Gasteiger partial charge in [0.15, 0.2) is 0 Å². The molecule has 1 aromatic heterocycles. The first-order valence-electron chi connectivity index (χ1n) is 9.22. The molecule has 26 heavy (non-hydrogen) atoms. The molecule has 0 aliphatic carbocycles. The van der Waals surface area contributed by atoms with Crippen molar-refractivity contribution in [3.8, 4) is 0 Å². The fraction of sp³-hybridized carbons (Fsp3) is 0.450. The molecule has 3 rings (SSSR count). The highest BCUT2D eigenvalue weighted by molar-refractivity contribution is 7.99. The van der Waals surface area contributed by atoms with Crippen LogP contribution in [0.2, 0.25) is 0 Å². The van der Waals surface area contributed by atoms with E-state index in [1.54, 1.807) is 12.5 Å². The summed E-state index contributed by atoms with van der Waals surface area (Å²) in [6, 6.07) is 12.4. The molecule has 0 unspecified atom stereocenters. The second-order valence-corrected chi connectivity index (χ2v) is 7.67. The van der Waals surface area contributed by atoms with Crippen molar-refractivity contribution in [1.29, 1.82) is 0 Å². The molecule has 1 aliphatic rings. The third kappa shape index (κ3) is 5.81. The van der Waals surface area contributed by atoms with E-state index < -0.39 is 0 Å². The van der Waals surface area contributed by atoms with Gasteiger partial charge in [-0.2, -0.15) is 11.8 Å². The fourth-order valence-corrected chi connectivity index (χ4v) is 4.13. The standard InChI is InChI=1S/C20H27N3O2S/c24-20(21-9-4-7-17-5-2-1-3-6-17)22-15-19(18-8-12-25-16-18)23-10-13-26-14-11-23/h1-3,5-6,8,12,16,19H,4,7,9-11,13-15H2,(H2,21,22,24)/t19-/m1/s1. The summed E-state index contributed by atoms with van der Waals surface area (Å²) in [5.41, 5.74) is 2.43. The second kappa shape index (κ2) is 10.3. The van der Waals surface area contributed by atoms with Gasteiger partial charge in [0.25, 0.3) is 0 Å². The zero-order valence-electron chi connectivity index (χ0n) is 15.0. The molecule has 5 nitrogen and oxygen atoms in total. The van der Waals surface area contributed by atoms with Crippen LogP contribution in [0.5, 0.6) is 0 Å². The maximum absolute atomic E-state index is 12.1. The van der Waals surface area contributed by atoms with E-state index in [0.29, 0.717) is 13.1 Å². The number of benzene rings is 1. The van der Waals surface area contributed by atoms with Crippen molar-refractivity contribution >= 4 is 17.8 Å². The molecule has 2 N–H and O–H groups in total. The van der Waals surface area contributed by atoms with Gasteiger partial charge in [-0.3, -0.25) is 4.90 Å². The number of aryl methyl sites for hydroxylation is 1. The molecule has 0 spiro atoms. The van der Waals surface area contributed by atoms with Crippen molar-refractivity contribution in [2.45, 2.75) is 18.9 Å². The average Bonchev–Trinajstić information content (AvgIpc) is 3.22. The molecule has 1 aliphatic heterocycles. The van der Waals surface area contributed by atoms with E-state index in [-0.39, 0.29) is 12.1 Å². The summed E-state index contributed by atoms with van der Waals surface area (Å²) in [6.07, 6.45) is 5.40. The van der Waals surface area contributed by atoms with Gasteiger partial charge >= 0.3 is 6.03 Å². The number of amides is 2. The van der Waals surface area contributed by atoms with Gasteiger partial charge in [0, 0.05) is 43.2 Å². The molecule has 140 valence electrons. The quantitative estimate of drug-likeness (QED) is 0.697. The third-order valence-corrected chi connectivity index (χ3v) is 5.58. The monoisotopic (exact) mass is 373 g/mol. The molecule has 6 heteroatoms. The van der Waals surface area contributed by atoms with Crippen molar-refractivity contribution in [1.82, 2.24) is 15.5 Å². The van der Waals surface area contributed by atoms with Crippen LogP contribution in [-0.2, 0) is 6.42 Å². The van der Waals surface area contributed by atoms with E-state index in [2.05, 4.69) is 27.7 Å². The van der Waals surface area contributed by atoms with Crippen molar-refractivity contribution < 1.29 is 9.21 Å². The molecule has 1 atom stereocenters. The van der Waals surface area contributed by atoms with E-state index >= 15 is 0 Å². The zero-order valence-corrected chi connectivity index (χ0v) is 15.8. The van der Waals surface area contributed by atoms with Gasteiger partial charge in [0.05, 0.1) is 18.6 Å². The molecule has 0 saturated carbocycles. The normalized spacial score (nSPS) is 16.2. The Morgan fingerprint density at radius 2 is 1.96 bits per heavy atom. The summed E-state index contributed by atoms with van der Waals surface area (Å²) in [6.45, 7) is 3.36. The Morgan fingerprint density at radius 1 is 1.15 bits per heavy atom. The molecular weight excluding hydrogens is 346 g/mol. The van der Waals surface area contributed by atoms with Crippen LogP contribution >= 0.6 is 11.8 Å². The summed E-state index contributed by atoms with van der Waals surface area (Å²) in [5.74, 6) is 2.28. The SMILES string of the molecule is O=C(NCCCc1ccccc1)NC[C@H](c1ccoc1)N1CCSCC1. The van der Waals surface area contributed by atoms with Crippen molar-refractivity contribution in [2.24, 2.45) is 0 Å². The van der Waals surface area contributed by atoms with E-state index in [0.717, 1.165) is 43.0 Å². The van der Waals surface area contributed by atoms with Gasteiger partial charge in [0.1, 0.15) is 0 Å². The van der Waals surface area contributed by atoms with Gasteiger partial charge < -0.3 is 15.1 Å². The summed E-state index contributed by atoms with van der Waals surface area (Å²) >= 11 is 1.98. The van der Waals surface area contributed by atoms with Crippen LogP contribution in [0.25, 0.3) is 0 Å². The summed E-state index contributed by atoms with van der Waals surface area (Å²) in [5, 5.41) is 5.99. The number of nitrogens with one attached hydrogen (secondary N) is 2. The minimum absolute atomic E-state index is 0.0991. The lowest BCUT2D eigenvalue weighted by atomic mass is 10.1. The zero-order chi connectivity index (χ0) is 18.0. The van der Waals surface area contributed by atoms with Crippen LogP contribution < -0.4 is 10.6 Å². The first-order chi connectivity index (χ1) is 12.8. The first-order valence-corrected chi connectivity index (χ1v) is 10.4. The largest absolute Gasteiger partial charge is 0.472 e. The van der Waals surface area contributed by atoms with E-state index in [9.17, 15) is 4.79 Å². The van der Waals surface area contributed by atoms with Gasteiger partial charge in [-0.05, 0) is 24.5 Å². The maximum atomic E-state index is 12.1. The molecule has 0 radical (unpaired) electrons. The van der Waals surface area contributed by atoms with Crippen molar-refractivity contribution in [3.05, 3.63) is 60.1 Å². The van der Waals surface area contributed by atoms with Crippen LogP contribution in [0.3, 0.4) is 0 Å². The molecule has 2 amide bonds. The van der Waals surface area contributed by atoms with Crippen LogP contribution in [0.4, 0.5) is 4.79 Å². The number of thioether (sulfide) groups is 1. The minimum Gasteiger partial charge on any atom is -0.472 e. The lowest BCUT2D eigenvalue weighted by Gasteiger charge is -2.33. The molecule has 2 aromatic rings. The van der Waals surface area contributed by atoms with Gasteiger partial charge in [-0.1, -0.05) is 30.3 Å². The Morgan fingerprint density at radius 3 is 2.69 bits per heavy atom. The Balaban J connectivity index is 1.41. The van der Waals surface area contributed by atoms with Gasteiger partial charge in [-0.15, -0.1) is 0 Å². The third-order valence-electron chi connectivity index (χ3n) is 4.64. The number of urea groups is 1. The fourth-order valence-electron chi connectivity index (χ4n) is 3.20. The Kier molecular flexibility index (Phi) is 7.46. The number of hydrogen-bond acceptors (Lipinski definition) is 4. The van der Waals surface area contributed by atoms with Crippen LogP contribution in [-0.4, -0.2) is 48.6 Å². The highest BCUT2D eigenvalue weighted by atomic mass is 32.2. The van der Waals surface area contributed by atoms with E-state index in [1.165, 1.54) is 5.56 Å². The smallest absolute Gasteiger partial charge is 0.314 e. The summed E-state index contributed by atoms with van der Waals surface area (Å²) in [7, 11) is 0. The lowest BCUT2D eigenvalue weighted by molar-refractivity contribution is 0.205. The minimum atomic E-state index is -0.0991. The van der Waals surface area contributed by atoms with Gasteiger partial charge in [0.2, 0.25) is 0 Å². The van der Waals surface area contributed by atoms with Crippen LogP contribution in [0.15, 0.2) is 53.3 Å². The highest BCUT2D eigenvalue weighted by Gasteiger charge is 2.23. The number of nitrogens with zero attached hydrogens (tertiary/aromatic N) is 1. The van der Waals surface area contributed by atoms with Crippen molar-refractivity contribution in [3.63, 3.8) is 0 Å². The molecule has 0 bridgehead atoms. The molecule has 1 saturated heterocycles. The summed E-state index contributed by atoms with van der Waals surface area (Å²) < 4.78 is 5.25. The number of carbonyl (C=O) groups excluding carboxylic acids is 1. The number of rotatable bonds is 8. The molecule has 1 fully saturated rings. The predicted octanol–water partition coefficient (Wildman–Crippen LogP) is 3.30. The van der Waals surface area contributed by atoms with Crippen LogP contribution in [0.1, 0.15) is 23.6 Å². The van der Waals surface area contributed by atoms with E-state index in [1.807, 2.05) is 36.0 Å². The number of furan rings is 1. The van der Waals surface area contributed by atoms with Crippen molar-refractivity contribution in [2.75, 3.05) is 37.7 Å². The topological polar surface area (TPSA) is 57.5 Å². The molecule has 1 aromatic carbocycles. The maximum Gasteiger partial charge on any atom is 0.314 e. The highest BCUT2D eigenvalue weighted by Crippen LogP contribution is 2.24. The summed E-state index contributed by atoms with van der Waals surface area (Å²) in [4.78, 5) is 14.6. The first kappa shape index (κ1) is 18.9. The average molecular weight is 374 g/mol. The van der Waals surface area contributed by atoms with E-state index in [4.69, 9.17) is 4.42 Å². The number of carbonyl (C=O) groups is 1. The molecule has 2 heterocycles. The predicted molar refractivity (Wildman–Crippen MR) is 107 cm³/mol. The van der Waals surface area contributed by atoms with Crippen LogP contribution in [0, 0.1) is 0 Å². The molecular formula is C20H27N3O2S.